The lowest BCUT2D eigenvalue weighted by Gasteiger charge is -2.23. The van der Waals surface area contributed by atoms with Gasteiger partial charge in [-0.05, 0) is 90.6 Å². The number of aryl methyl sites for hydroxylation is 1. The number of ether oxygens (including phenoxy) is 2. The first-order valence-electron chi connectivity index (χ1n) is 14.3. The molecule has 5 aromatic rings. The van der Waals surface area contributed by atoms with E-state index in [9.17, 15) is 26.4 Å². The molecule has 0 amide bonds. The number of fused-ring (bicyclic) bond motifs is 1. The molecule has 9 nitrogen and oxygen atoms in total. The van der Waals surface area contributed by atoms with E-state index in [-0.39, 0.29) is 29.6 Å². The summed E-state index contributed by atoms with van der Waals surface area (Å²) in [6.45, 7) is 1.64. The van der Waals surface area contributed by atoms with Gasteiger partial charge in [0.15, 0.2) is 0 Å². The van der Waals surface area contributed by atoms with Gasteiger partial charge in [0.25, 0.3) is 15.6 Å². The van der Waals surface area contributed by atoms with E-state index in [1.165, 1.54) is 61.5 Å². The summed E-state index contributed by atoms with van der Waals surface area (Å²) in [4.78, 5) is 21.6. The average molecular weight is 651 g/mol. The first-order chi connectivity index (χ1) is 21.9. The SMILES string of the molecule is COc1ccc(CN(c2ncccn2)S(=O)(=O)c2ccc3c(ccc(=O)n3-c3cc(C)c([C@@H]4C[C@H]4C(F)(F)F)cc3OC)c2)cc1. The van der Waals surface area contributed by atoms with Crippen LogP contribution in [0, 0.1) is 12.8 Å². The van der Waals surface area contributed by atoms with E-state index in [1.54, 1.807) is 49.4 Å². The highest BCUT2D eigenvalue weighted by Gasteiger charge is 2.56. The number of anilines is 1. The second-order valence-corrected chi connectivity index (χ2v) is 12.9. The fraction of sp³-hybridized carbons (Fsp3) is 0.242. The molecule has 1 aliphatic rings. The fourth-order valence-corrected chi connectivity index (χ4v) is 7.07. The van der Waals surface area contributed by atoms with Gasteiger partial charge in [-0.3, -0.25) is 9.36 Å². The van der Waals surface area contributed by atoms with E-state index in [1.807, 2.05) is 0 Å². The van der Waals surface area contributed by atoms with Gasteiger partial charge in [-0.15, -0.1) is 0 Å². The van der Waals surface area contributed by atoms with Gasteiger partial charge in [-0.2, -0.15) is 13.2 Å². The number of nitrogens with zero attached hydrogens (tertiary/aromatic N) is 4. The van der Waals surface area contributed by atoms with E-state index < -0.39 is 33.6 Å². The predicted octanol–water partition coefficient (Wildman–Crippen LogP) is 6.17. The molecule has 238 valence electrons. The number of hydrogen-bond acceptors (Lipinski definition) is 7. The normalized spacial score (nSPS) is 16.3. The first kappa shape index (κ1) is 31.1. The molecule has 0 unspecified atom stereocenters. The van der Waals surface area contributed by atoms with E-state index in [0.717, 1.165) is 4.31 Å². The van der Waals surface area contributed by atoms with E-state index in [4.69, 9.17) is 9.47 Å². The maximum Gasteiger partial charge on any atom is 0.392 e. The molecule has 0 radical (unpaired) electrons. The third-order valence-corrected chi connectivity index (χ3v) is 9.86. The van der Waals surface area contributed by atoms with Crippen molar-refractivity contribution in [2.75, 3.05) is 18.5 Å². The third-order valence-electron chi connectivity index (χ3n) is 8.13. The molecule has 0 bridgehead atoms. The number of aromatic nitrogens is 3. The Morgan fingerprint density at radius 1 is 0.957 bits per heavy atom. The molecule has 0 spiro atoms. The van der Waals surface area contributed by atoms with Crippen molar-refractivity contribution in [1.29, 1.82) is 0 Å². The van der Waals surface area contributed by atoms with Crippen LogP contribution in [0.2, 0.25) is 0 Å². The second kappa shape index (κ2) is 11.8. The Morgan fingerprint density at radius 2 is 1.67 bits per heavy atom. The number of benzene rings is 3. The van der Waals surface area contributed by atoms with Crippen molar-refractivity contribution < 1.29 is 31.1 Å². The lowest BCUT2D eigenvalue weighted by molar-refractivity contribution is -0.148. The van der Waals surface area contributed by atoms with Crippen molar-refractivity contribution in [2.45, 2.75) is 36.9 Å². The quantitative estimate of drug-likeness (QED) is 0.188. The summed E-state index contributed by atoms with van der Waals surface area (Å²) in [5.41, 5.74) is 2.07. The average Bonchev–Trinajstić information content (AvgIpc) is 3.86. The van der Waals surface area contributed by atoms with Crippen LogP contribution in [0.5, 0.6) is 11.5 Å². The van der Waals surface area contributed by atoms with Gasteiger partial charge < -0.3 is 9.47 Å². The summed E-state index contributed by atoms with van der Waals surface area (Å²) in [7, 11) is -1.30. The summed E-state index contributed by atoms with van der Waals surface area (Å²) in [5, 5.41) is 0.433. The lowest BCUT2D eigenvalue weighted by atomic mass is 10.0. The fourth-order valence-electron chi connectivity index (χ4n) is 5.67. The Labute approximate surface area is 262 Å². The molecule has 0 N–H and O–H groups in total. The molecule has 2 heterocycles. The molecule has 3 aromatic carbocycles. The highest BCUT2D eigenvalue weighted by molar-refractivity contribution is 7.92. The Morgan fingerprint density at radius 3 is 2.30 bits per heavy atom. The number of alkyl halides is 3. The summed E-state index contributed by atoms with van der Waals surface area (Å²) in [6.07, 6.45) is -1.39. The van der Waals surface area contributed by atoms with Crippen LogP contribution in [0.3, 0.4) is 0 Å². The minimum Gasteiger partial charge on any atom is -0.497 e. The van der Waals surface area contributed by atoms with Gasteiger partial charge in [0.05, 0.1) is 42.8 Å². The zero-order valence-electron chi connectivity index (χ0n) is 25.0. The van der Waals surface area contributed by atoms with Crippen LogP contribution >= 0.6 is 0 Å². The van der Waals surface area contributed by atoms with Gasteiger partial charge in [0.1, 0.15) is 11.5 Å². The Hall–Kier alpha value is -4.91. The third kappa shape index (κ3) is 5.78. The molecule has 2 atom stereocenters. The highest BCUT2D eigenvalue weighted by atomic mass is 32.2. The van der Waals surface area contributed by atoms with Gasteiger partial charge in [0.2, 0.25) is 5.95 Å². The van der Waals surface area contributed by atoms with Gasteiger partial charge in [0, 0.05) is 23.8 Å². The maximum absolute atomic E-state index is 14.1. The van der Waals surface area contributed by atoms with Crippen molar-refractivity contribution in [2.24, 2.45) is 5.92 Å². The van der Waals surface area contributed by atoms with Crippen molar-refractivity contribution in [3.8, 4) is 17.2 Å². The molecular weight excluding hydrogens is 621 g/mol. The largest absolute Gasteiger partial charge is 0.497 e. The van der Waals surface area contributed by atoms with Crippen LogP contribution in [0.4, 0.5) is 19.1 Å². The van der Waals surface area contributed by atoms with E-state index in [0.29, 0.717) is 39.0 Å². The van der Waals surface area contributed by atoms with Crippen LogP contribution in [-0.2, 0) is 16.6 Å². The molecule has 46 heavy (non-hydrogen) atoms. The predicted molar refractivity (Wildman–Crippen MR) is 166 cm³/mol. The molecule has 1 saturated carbocycles. The molecular formula is C33H29F3N4O5S. The first-order valence-corrected chi connectivity index (χ1v) is 15.7. The Bertz CT molecular complexity index is 2090. The number of pyridine rings is 1. The topological polar surface area (TPSA) is 104 Å². The smallest absolute Gasteiger partial charge is 0.392 e. The molecule has 1 fully saturated rings. The molecule has 6 rings (SSSR count). The number of hydrogen-bond donors (Lipinski definition) is 0. The summed E-state index contributed by atoms with van der Waals surface area (Å²) < 4.78 is 81.5. The molecule has 2 aromatic heterocycles. The molecule has 0 aliphatic heterocycles. The van der Waals surface area contributed by atoms with Crippen LogP contribution in [0.15, 0.2) is 94.9 Å². The van der Waals surface area contributed by atoms with E-state index in [2.05, 4.69) is 9.97 Å². The lowest BCUT2D eigenvalue weighted by Crippen LogP contribution is -2.32. The van der Waals surface area contributed by atoms with E-state index >= 15 is 0 Å². The number of methoxy groups -OCH3 is 2. The highest BCUT2D eigenvalue weighted by Crippen LogP contribution is 2.57. The van der Waals surface area contributed by atoms with Gasteiger partial charge in [-0.25, -0.2) is 22.7 Å². The van der Waals surface area contributed by atoms with Crippen molar-refractivity contribution >= 4 is 26.9 Å². The Kier molecular flexibility index (Phi) is 7.97. The number of rotatable bonds is 9. The minimum absolute atomic E-state index is 0.00180. The monoisotopic (exact) mass is 650 g/mol. The maximum atomic E-state index is 14.1. The van der Waals surface area contributed by atoms with Crippen LogP contribution in [-0.4, -0.2) is 43.3 Å². The standard InChI is InChI=1S/C33H29F3N4O5S/c1-20-15-29(30(45-3)18-25(20)26-17-27(26)33(34,35)36)40-28-11-10-24(16-22(28)7-12-31(40)41)46(42,43)39(32-37-13-4-14-38-32)19-21-5-8-23(44-2)9-6-21/h4-16,18,26-27H,17,19H2,1-3H3/t26-,27+/m0/s1. The Balaban J connectivity index is 1.42. The van der Waals surface area contributed by atoms with Gasteiger partial charge in [-0.1, -0.05) is 12.1 Å². The van der Waals surface area contributed by atoms with Crippen LogP contribution in [0.1, 0.15) is 29.0 Å². The zero-order valence-corrected chi connectivity index (χ0v) is 25.8. The van der Waals surface area contributed by atoms with Crippen molar-refractivity contribution in [3.63, 3.8) is 0 Å². The van der Waals surface area contributed by atoms with Crippen molar-refractivity contribution in [1.82, 2.24) is 14.5 Å². The minimum atomic E-state index is -4.29. The van der Waals surface area contributed by atoms with Gasteiger partial charge >= 0.3 is 6.18 Å². The van der Waals surface area contributed by atoms with Crippen molar-refractivity contribution in [3.05, 3.63) is 112 Å². The van der Waals surface area contributed by atoms with Crippen LogP contribution < -0.4 is 19.3 Å². The van der Waals surface area contributed by atoms with Crippen LogP contribution in [0.25, 0.3) is 16.6 Å². The number of halogens is 3. The second-order valence-electron chi connectivity index (χ2n) is 11.0. The zero-order chi connectivity index (χ0) is 32.8. The summed E-state index contributed by atoms with van der Waals surface area (Å²) >= 11 is 0. The molecule has 13 heteroatoms. The molecule has 0 saturated heterocycles. The number of sulfonamides is 1. The summed E-state index contributed by atoms with van der Waals surface area (Å²) in [5.74, 6) is -1.25. The molecule has 1 aliphatic carbocycles. The summed E-state index contributed by atoms with van der Waals surface area (Å²) in [6, 6.07) is 18.9.